The number of aliphatic imine (C=N–C) groups is 1. The molecule has 6 nitrogen and oxygen atoms in total. The van der Waals surface area contributed by atoms with E-state index in [1.807, 2.05) is 30.7 Å². The molecule has 1 aliphatic rings. The summed E-state index contributed by atoms with van der Waals surface area (Å²) in [5.74, 6) is 1.54. The molecule has 1 aromatic heterocycles. The zero-order chi connectivity index (χ0) is 20.8. The molecule has 1 aliphatic carbocycles. The Morgan fingerprint density at radius 1 is 1.30 bits per heavy atom. The molecule has 8 heteroatoms. The van der Waals surface area contributed by atoms with Gasteiger partial charge in [-0.3, -0.25) is 9.20 Å². The van der Waals surface area contributed by atoms with Crippen LogP contribution in [0.4, 0.5) is 0 Å². The Balaban J connectivity index is 0.00000320. The minimum Gasteiger partial charge on any atom is -0.354 e. The lowest BCUT2D eigenvalue weighted by Crippen LogP contribution is -2.46. The lowest BCUT2D eigenvalue weighted by molar-refractivity contribution is 0.413. The average molecular weight is 544 g/mol. The molecule has 2 aromatic rings. The predicted molar refractivity (Wildman–Crippen MR) is 137 cm³/mol. The average Bonchev–Trinajstić information content (AvgIpc) is 3.08. The molecule has 1 saturated carbocycles. The highest BCUT2D eigenvalue weighted by Gasteiger charge is 2.26. The van der Waals surface area contributed by atoms with E-state index in [-0.39, 0.29) is 24.0 Å². The van der Waals surface area contributed by atoms with E-state index in [1.54, 1.807) is 7.05 Å². The van der Waals surface area contributed by atoms with Crippen molar-refractivity contribution in [3.63, 3.8) is 0 Å². The normalized spacial score (nSPS) is 20.3. The van der Waals surface area contributed by atoms with Crippen molar-refractivity contribution in [1.82, 2.24) is 20.4 Å². The van der Waals surface area contributed by atoms with E-state index in [9.17, 15) is 4.21 Å². The molecule has 2 N–H and O–H groups in total. The van der Waals surface area contributed by atoms with Gasteiger partial charge in [-0.25, -0.2) is 4.68 Å². The second-order valence-electron chi connectivity index (χ2n) is 7.69. The summed E-state index contributed by atoms with van der Waals surface area (Å²) in [5, 5.41) is 11.9. The van der Waals surface area contributed by atoms with Crippen LogP contribution in [0.15, 0.2) is 35.3 Å². The largest absolute Gasteiger partial charge is 0.354 e. The first-order valence-corrected chi connectivity index (χ1v) is 11.9. The van der Waals surface area contributed by atoms with Gasteiger partial charge in [0.25, 0.3) is 0 Å². The van der Waals surface area contributed by atoms with E-state index in [2.05, 4.69) is 45.8 Å². The van der Waals surface area contributed by atoms with Gasteiger partial charge in [0, 0.05) is 47.1 Å². The number of aryl methyl sites for hydroxylation is 2. The molecule has 0 spiro atoms. The van der Waals surface area contributed by atoms with E-state index in [1.165, 1.54) is 0 Å². The summed E-state index contributed by atoms with van der Waals surface area (Å²) in [6.45, 7) is 6.75. The molecule has 0 bridgehead atoms. The zero-order valence-electron chi connectivity index (χ0n) is 18.4. The van der Waals surface area contributed by atoms with Crippen LogP contribution in [0, 0.1) is 13.8 Å². The van der Waals surface area contributed by atoms with Crippen LogP contribution < -0.4 is 10.6 Å². The van der Waals surface area contributed by atoms with E-state index >= 15 is 0 Å². The van der Waals surface area contributed by atoms with E-state index in [0.29, 0.717) is 17.8 Å². The fourth-order valence-corrected chi connectivity index (χ4v) is 5.41. The molecule has 1 fully saturated rings. The number of rotatable bonds is 6. The zero-order valence-corrected chi connectivity index (χ0v) is 21.5. The number of guanidine groups is 1. The number of benzene rings is 1. The summed E-state index contributed by atoms with van der Waals surface area (Å²) in [6.07, 6.45) is 4.23. The second-order valence-corrected chi connectivity index (χ2v) is 9.70. The van der Waals surface area contributed by atoms with Gasteiger partial charge in [-0.05, 0) is 50.8 Å². The number of halogens is 1. The van der Waals surface area contributed by atoms with Gasteiger partial charge in [0.05, 0.1) is 11.4 Å². The highest BCUT2D eigenvalue weighted by Crippen LogP contribution is 2.23. The molecular formula is C22H34IN5OS. The lowest BCUT2D eigenvalue weighted by Gasteiger charge is -2.30. The van der Waals surface area contributed by atoms with Crippen molar-refractivity contribution >= 4 is 40.7 Å². The van der Waals surface area contributed by atoms with Crippen LogP contribution in [-0.2, 0) is 17.3 Å². The van der Waals surface area contributed by atoms with Crippen molar-refractivity contribution < 1.29 is 4.21 Å². The minimum absolute atomic E-state index is 0. The summed E-state index contributed by atoms with van der Waals surface area (Å²) in [7, 11) is 1.08. The smallest absolute Gasteiger partial charge is 0.191 e. The first-order valence-electron chi connectivity index (χ1n) is 10.5. The molecule has 3 atom stereocenters. The van der Waals surface area contributed by atoms with Gasteiger partial charge in [0.2, 0.25) is 0 Å². The Bertz CT molecular complexity index is 882. The monoisotopic (exact) mass is 543 g/mol. The number of aromatic nitrogens is 2. The Hall–Kier alpha value is -1.42. The molecule has 166 valence electrons. The second kappa shape index (κ2) is 11.8. The maximum Gasteiger partial charge on any atom is 0.191 e. The Morgan fingerprint density at radius 2 is 2.07 bits per heavy atom. The fourth-order valence-electron chi connectivity index (χ4n) is 4.06. The molecule has 1 heterocycles. The SMILES string of the molecule is CCS(=O)C1CCCC(NC(=NC)NCc2ccccc2-n2nc(C)cc2C)C1.I. The van der Waals surface area contributed by atoms with E-state index in [0.717, 1.165) is 60.0 Å². The number of nitrogens with zero attached hydrogens (tertiary/aromatic N) is 3. The third-order valence-corrected chi connectivity index (χ3v) is 7.26. The number of hydrogen-bond acceptors (Lipinski definition) is 3. The van der Waals surface area contributed by atoms with Gasteiger partial charge in [-0.15, -0.1) is 24.0 Å². The van der Waals surface area contributed by atoms with E-state index in [4.69, 9.17) is 0 Å². The molecule has 3 unspecified atom stereocenters. The Morgan fingerprint density at radius 3 is 2.73 bits per heavy atom. The fraction of sp³-hybridized carbons (Fsp3) is 0.545. The summed E-state index contributed by atoms with van der Waals surface area (Å²) in [4.78, 5) is 4.41. The summed E-state index contributed by atoms with van der Waals surface area (Å²) in [5.41, 5.74) is 4.38. The Labute approximate surface area is 199 Å². The van der Waals surface area contributed by atoms with Crippen LogP contribution in [0.25, 0.3) is 5.69 Å². The van der Waals surface area contributed by atoms with Crippen molar-refractivity contribution in [2.45, 2.75) is 64.3 Å². The van der Waals surface area contributed by atoms with Crippen molar-refractivity contribution in [3.8, 4) is 5.69 Å². The molecule has 0 aliphatic heterocycles. The van der Waals surface area contributed by atoms with Crippen LogP contribution in [0.2, 0.25) is 0 Å². The van der Waals surface area contributed by atoms with Crippen LogP contribution in [0.5, 0.6) is 0 Å². The number of nitrogens with one attached hydrogen (secondary N) is 2. The van der Waals surface area contributed by atoms with Gasteiger partial charge in [0.1, 0.15) is 0 Å². The summed E-state index contributed by atoms with van der Waals surface area (Å²) in [6, 6.07) is 10.7. The van der Waals surface area contributed by atoms with Gasteiger partial charge in [0.15, 0.2) is 5.96 Å². The summed E-state index contributed by atoms with van der Waals surface area (Å²) < 4.78 is 14.2. The van der Waals surface area contributed by atoms with Gasteiger partial charge in [-0.2, -0.15) is 5.10 Å². The topological polar surface area (TPSA) is 71.3 Å². The van der Waals surface area contributed by atoms with Crippen molar-refractivity contribution in [2.24, 2.45) is 4.99 Å². The van der Waals surface area contributed by atoms with Crippen LogP contribution in [-0.4, -0.2) is 44.0 Å². The van der Waals surface area contributed by atoms with Crippen molar-refractivity contribution in [1.29, 1.82) is 0 Å². The molecular weight excluding hydrogens is 509 g/mol. The first kappa shape index (κ1) is 24.8. The van der Waals surface area contributed by atoms with Crippen LogP contribution in [0.1, 0.15) is 49.6 Å². The van der Waals surface area contributed by atoms with Crippen molar-refractivity contribution in [2.75, 3.05) is 12.8 Å². The molecule has 3 rings (SSSR count). The van der Waals surface area contributed by atoms with Crippen LogP contribution >= 0.6 is 24.0 Å². The molecule has 1 aromatic carbocycles. The Kier molecular flexibility index (Phi) is 9.80. The van der Waals surface area contributed by atoms with E-state index < -0.39 is 10.8 Å². The lowest BCUT2D eigenvalue weighted by atomic mass is 9.95. The molecule has 0 saturated heterocycles. The number of para-hydroxylation sites is 1. The maximum atomic E-state index is 12.2. The maximum absolute atomic E-state index is 12.2. The minimum atomic E-state index is -0.719. The van der Waals surface area contributed by atoms with Gasteiger partial charge < -0.3 is 10.6 Å². The van der Waals surface area contributed by atoms with Crippen molar-refractivity contribution in [3.05, 3.63) is 47.3 Å². The first-order chi connectivity index (χ1) is 14.0. The predicted octanol–water partition coefficient (Wildman–Crippen LogP) is 3.85. The number of hydrogen-bond donors (Lipinski definition) is 2. The molecule has 30 heavy (non-hydrogen) atoms. The standard InChI is InChI=1S/C22H33N5OS.HI/c1-5-29(28)20-11-8-10-19(14-20)25-22(23-4)24-15-18-9-6-7-12-21(18)27-17(3)13-16(2)26-27;/h6-7,9,12-13,19-20H,5,8,10-11,14-15H2,1-4H3,(H2,23,24,25);1H. The molecule has 0 amide bonds. The van der Waals surface area contributed by atoms with Gasteiger partial charge >= 0.3 is 0 Å². The highest BCUT2D eigenvalue weighted by molar-refractivity contribution is 14.0. The third kappa shape index (κ3) is 6.29. The highest BCUT2D eigenvalue weighted by atomic mass is 127. The van der Waals surface area contributed by atoms with Crippen LogP contribution in [0.3, 0.4) is 0 Å². The van der Waals surface area contributed by atoms with Gasteiger partial charge in [-0.1, -0.05) is 31.5 Å². The molecule has 0 radical (unpaired) electrons. The third-order valence-electron chi connectivity index (χ3n) is 5.52. The summed E-state index contributed by atoms with van der Waals surface area (Å²) >= 11 is 0. The quantitative estimate of drug-likeness (QED) is 0.330.